The van der Waals surface area contributed by atoms with Crippen molar-refractivity contribution in [2.45, 2.75) is 38.0 Å². The molecule has 1 atom stereocenters. The van der Waals surface area contributed by atoms with Crippen LogP contribution in [-0.4, -0.2) is 11.8 Å². The fraction of sp³-hybridized carbons (Fsp3) is 0.750. The molecule has 2 nitrogen and oxygen atoms in total. The van der Waals surface area contributed by atoms with Gasteiger partial charge in [-0.25, -0.2) is 4.39 Å². The van der Waals surface area contributed by atoms with E-state index in [1.165, 1.54) is 0 Å². The minimum Gasteiger partial charge on any atom is -0.241 e. The highest BCUT2D eigenvalue weighted by atomic mass is 19.1. The van der Waals surface area contributed by atoms with E-state index in [1.54, 1.807) is 0 Å². The molecule has 1 heterocycles. The molecule has 0 aromatic carbocycles. The molecule has 0 radical (unpaired) electrons. The molecule has 0 saturated carbocycles. The highest BCUT2D eigenvalue weighted by molar-refractivity contribution is 5.04. The molecule has 0 aromatic rings. The Morgan fingerprint density at radius 3 is 2.64 bits per heavy atom. The van der Waals surface area contributed by atoms with Crippen molar-refractivity contribution in [3.8, 4) is 12.3 Å². The van der Waals surface area contributed by atoms with Crippen LogP contribution in [0, 0.1) is 12.3 Å². The van der Waals surface area contributed by atoms with E-state index in [-0.39, 0.29) is 6.42 Å². The zero-order valence-corrected chi connectivity index (χ0v) is 6.55. The molecule has 0 saturated heterocycles. The van der Waals surface area contributed by atoms with E-state index in [2.05, 4.69) is 16.1 Å². The second kappa shape index (κ2) is 3.00. The van der Waals surface area contributed by atoms with Crippen LogP contribution in [0.4, 0.5) is 4.39 Å². The molecule has 1 rings (SSSR count). The topological polar surface area (TPSA) is 24.7 Å². The standard InChI is InChI=1S/C8H11FN2/c1-3-5-7(9)8(6-4-2)10-11-8/h1,7H,4-6H2,2H3. The van der Waals surface area contributed by atoms with Gasteiger partial charge in [0.05, 0.1) is 0 Å². The van der Waals surface area contributed by atoms with E-state index < -0.39 is 11.8 Å². The zero-order valence-electron chi connectivity index (χ0n) is 6.55. The molecular formula is C8H11FN2. The van der Waals surface area contributed by atoms with E-state index in [9.17, 15) is 4.39 Å². The Labute approximate surface area is 65.9 Å². The van der Waals surface area contributed by atoms with Crippen LogP contribution >= 0.6 is 0 Å². The molecule has 0 fully saturated rings. The Hall–Kier alpha value is -0.910. The molecular weight excluding hydrogens is 143 g/mol. The average molecular weight is 154 g/mol. The Kier molecular flexibility index (Phi) is 2.23. The summed E-state index contributed by atoms with van der Waals surface area (Å²) in [7, 11) is 0. The molecule has 11 heavy (non-hydrogen) atoms. The van der Waals surface area contributed by atoms with E-state index in [1.807, 2.05) is 6.92 Å². The predicted molar refractivity (Wildman–Crippen MR) is 40.8 cm³/mol. The molecule has 0 amide bonds. The van der Waals surface area contributed by atoms with Gasteiger partial charge < -0.3 is 0 Å². The number of halogens is 1. The van der Waals surface area contributed by atoms with Crippen molar-refractivity contribution in [2.75, 3.05) is 0 Å². The summed E-state index contributed by atoms with van der Waals surface area (Å²) >= 11 is 0. The molecule has 0 spiro atoms. The van der Waals surface area contributed by atoms with E-state index in [0.717, 1.165) is 6.42 Å². The van der Waals surface area contributed by atoms with Gasteiger partial charge >= 0.3 is 0 Å². The number of hydrogen-bond donors (Lipinski definition) is 0. The third-order valence-corrected chi connectivity index (χ3v) is 1.77. The van der Waals surface area contributed by atoms with Gasteiger partial charge in [0, 0.05) is 6.42 Å². The van der Waals surface area contributed by atoms with Gasteiger partial charge in [0.25, 0.3) is 0 Å². The Balaban J connectivity index is 2.40. The van der Waals surface area contributed by atoms with Crippen molar-refractivity contribution in [3.05, 3.63) is 0 Å². The third kappa shape index (κ3) is 1.56. The molecule has 0 aromatic heterocycles. The summed E-state index contributed by atoms with van der Waals surface area (Å²) in [6, 6.07) is 0. The van der Waals surface area contributed by atoms with Gasteiger partial charge in [0.2, 0.25) is 5.66 Å². The summed E-state index contributed by atoms with van der Waals surface area (Å²) in [5.74, 6) is 2.28. The minimum absolute atomic E-state index is 0.118. The van der Waals surface area contributed by atoms with Crippen LogP contribution in [0.3, 0.4) is 0 Å². The summed E-state index contributed by atoms with van der Waals surface area (Å²) < 4.78 is 13.1. The first-order valence-corrected chi connectivity index (χ1v) is 3.77. The number of rotatable bonds is 4. The van der Waals surface area contributed by atoms with Gasteiger partial charge in [-0.15, -0.1) is 12.3 Å². The first-order valence-electron chi connectivity index (χ1n) is 3.77. The monoisotopic (exact) mass is 154 g/mol. The maximum absolute atomic E-state index is 13.1. The normalized spacial score (nSPS) is 20.8. The fourth-order valence-corrected chi connectivity index (χ4v) is 1.08. The van der Waals surface area contributed by atoms with E-state index >= 15 is 0 Å². The molecule has 1 unspecified atom stereocenters. The average Bonchev–Trinajstić information content (AvgIpc) is 2.71. The van der Waals surface area contributed by atoms with Crippen LogP contribution in [0.5, 0.6) is 0 Å². The van der Waals surface area contributed by atoms with Gasteiger partial charge in [-0.2, -0.15) is 10.2 Å². The van der Waals surface area contributed by atoms with Crippen LogP contribution in [0.15, 0.2) is 10.2 Å². The number of nitrogens with zero attached hydrogens (tertiary/aromatic N) is 2. The largest absolute Gasteiger partial charge is 0.241 e. The van der Waals surface area contributed by atoms with Crippen molar-refractivity contribution < 1.29 is 4.39 Å². The van der Waals surface area contributed by atoms with Crippen molar-refractivity contribution in [1.29, 1.82) is 0 Å². The first kappa shape index (κ1) is 8.19. The Morgan fingerprint density at radius 1 is 1.64 bits per heavy atom. The highest BCUT2D eigenvalue weighted by Crippen LogP contribution is 2.39. The van der Waals surface area contributed by atoms with Gasteiger partial charge in [0.1, 0.15) is 0 Å². The first-order chi connectivity index (χ1) is 5.25. The molecule has 3 heteroatoms. The quantitative estimate of drug-likeness (QED) is 0.555. The SMILES string of the molecule is C#CCC(F)C1(CCC)N=N1. The number of alkyl halides is 1. The van der Waals surface area contributed by atoms with Gasteiger partial charge in [-0.3, -0.25) is 0 Å². The summed E-state index contributed by atoms with van der Waals surface area (Å²) in [4.78, 5) is 0. The minimum atomic E-state index is -1.08. The summed E-state index contributed by atoms with van der Waals surface area (Å²) in [5.41, 5.74) is -0.749. The predicted octanol–water partition coefficient (Wildman–Crippen LogP) is 2.31. The second-order valence-corrected chi connectivity index (χ2v) is 2.70. The molecule has 1 aliphatic heterocycles. The Bertz CT molecular complexity index is 199. The van der Waals surface area contributed by atoms with Crippen molar-refractivity contribution >= 4 is 0 Å². The van der Waals surface area contributed by atoms with Crippen LogP contribution in [0.2, 0.25) is 0 Å². The van der Waals surface area contributed by atoms with Crippen LogP contribution in [0.25, 0.3) is 0 Å². The second-order valence-electron chi connectivity index (χ2n) is 2.70. The molecule has 1 aliphatic rings. The van der Waals surface area contributed by atoms with E-state index in [4.69, 9.17) is 6.42 Å². The van der Waals surface area contributed by atoms with Crippen molar-refractivity contribution in [2.24, 2.45) is 10.2 Å². The summed E-state index contributed by atoms with van der Waals surface area (Å²) in [5, 5.41) is 7.39. The lowest BCUT2D eigenvalue weighted by Crippen LogP contribution is -2.25. The highest BCUT2D eigenvalue weighted by Gasteiger charge is 2.47. The van der Waals surface area contributed by atoms with Crippen LogP contribution in [0.1, 0.15) is 26.2 Å². The molecule has 60 valence electrons. The molecule has 0 aliphatic carbocycles. The molecule has 0 N–H and O–H groups in total. The maximum atomic E-state index is 13.1. The summed E-state index contributed by atoms with van der Waals surface area (Å²) in [6.45, 7) is 1.98. The van der Waals surface area contributed by atoms with E-state index in [0.29, 0.717) is 6.42 Å². The maximum Gasteiger partial charge on any atom is 0.222 e. The lowest BCUT2D eigenvalue weighted by molar-refractivity contribution is 0.244. The van der Waals surface area contributed by atoms with Crippen molar-refractivity contribution in [3.63, 3.8) is 0 Å². The van der Waals surface area contributed by atoms with Gasteiger partial charge in [-0.1, -0.05) is 13.3 Å². The van der Waals surface area contributed by atoms with Crippen LogP contribution < -0.4 is 0 Å². The number of hydrogen-bond acceptors (Lipinski definition) is 2. The summed E-state index contributed by atoms with van der Waals surface area (Å²) in [6.07, 6.45) is 5.58. The third-order valence-electron chi connectivity index (χ3n) is 1.77. The van der Waals surface area contributed by atoms with Crippen LogP contribution in [-0.2, 0) is 0 Å². The lowest BCUT2D eigenvalue weighted by Gasteiger charge is -2.11. The fourth-order valence-electron chi connectivity index (χ4n) is 1.08. The molecule has 0 bridgehead atoms. The Morgan fingerprint density at radius 2 is 2.27 bits per heavy atom. The van der Waals surface area contributed by atoms with Gasteiger partial charge in [0.15, 0.2) is 6.17 Å². The lowest BCUT2D eigenvalue weighted by atomic mass is 10.0. The smallest absolute Gasteiger partial charge is 0.222 e. The van der Waals surface area contributed by atoms with Crippen molar-refractivity contribution in [1.82, 2.24) is 0 Å². The van der Waals surface area contributed by atoms with Gasteiger partial charge in [-0.05, 0) is 6.42 Å². The zero-order chi connectivity index (χ0) is 8.32. The number of terminal acetylenes is 1.